The summed E-state index contributed by atoms with van der Waals surface area (Å²) in [6.07, 6.45) is 4.01. The lowest BCUT2D eigenvalue weighted by atomic mass is 9.78. The summed E-state index contributed by atoms with van der Waals surface area (Å²) in [6, 6.07) is 4.04. The molecule has 1 fully saturated rings. The van der Waals surface area contributed by atoms with Crippen molar-refractivity contribution in [2.75, 3.05) is 0 Å². The minimum atomic E-state index is 0.431. The van der Waals surface area contributed by atoms with Gasteiger partial charge in [0.2, 0.25) is 0 Å². The van der Waals surface area contributed by atoms with Crippen LogP contribution >= 0.6 is 0 Å². The fraction of sp³-hybridized carbons (Fsp3) is 0.500. The smallest absolute Gasteiger partial charge is 0.118 e. The van der Waals surface area contributed by atoms with Gasteiger partial charge in [-0.2, -0.15) is 0 Å². The van der Waals surface area contributed by atoms with Crippen LogP contribution in [0.4, 0.5) is 0 Å². The topological polar surface area (TPSA) is 20.2 Å². The highest BCUT2D eigenvalue weighted by Crippen LogP contribution is 2.39. The highest BCUT2D eigenvalue weighted by Gasteiger charge is 2.21. The summed E-state index contributed by atoms with van der Waals surface area (Å²) in [5.41, 5.74) is 3.70. The van der Waals surface area contributed by atoms with Gasteiger partial charge >= 0.3 is 0 Å². The molecule has 0 amide bonds. The molecule has 1 saturated carbocycles. The molecule has 1 aromatic rings. The van der Waals surface area contributed by atoms with Gasteiger partial charge in [-0.25, -0.2) is 0 Å². The first kappa shape index (κ1) is 8.61. The SMILES string of the molecule is Cc1cc(C2CCC2)c(C)cc1O. The van der Waals surface area contributed by atoms with Gasteiger partial charge in [0.25, 0.3) is 0 Å². The zero-order valence-electron chi connectivity index (χ0n) is 8.30. The van der Waals surface area contributed by atoms with Crippen molar-refractivity contribution in [3.8, 4) is 5.75 Å². The summed E-state index contributed by atoms with van der Waals surface area (Å²) in [5, 5.41) is 9.50. The molecule has 1 aliphatic rings. The Bertz CT molecular complexity index is 324. The van der Waals surface area contributed by atoms with Crippen molar-refractivity contribution < 1.29 is 5.11 Å². The molecule has 1 heteroatoms. The van der Waals surface area contributed by atoms with Crippen molar-refractivity contribution in [3.05, 3.63) is 28.8 Å². The second kappa shape index (κ2) is 3.06. The Morgan fingerprint density at radius 1 is 1.15 bits per heavy atom. The molecule has 0 unspecified atom stereocenters. The molecule has 0 aliphatic heterocycles. The first-order valence-corrected chi connectivity index (χ1v) is 4.98. The van der Waals surface area contributed by atoms with E-state index in [-0.39, 0.29) is 0 Å². The lowest BCUT2D eigenvalue weighted by Gasteiger charge is -2.27. The predicted molar refractivity (Wildman–Crippen MR) is 54.2 cm³/mol. The number of phenols is 1. The molecular formula is C12H16O. The predicted octanol–water partition coefficient (Wildman–Crippen LogP) is 3.28. The largest absolute Gasteiger partial charge is 0.508 e. The highest BCUT2D eigenvalue weighted by atomic mass is 16.3. The molecule has 0 atom stereocenters. The van der Waals surface area contributed by atoms with Crippen LogP contribution in [-0.2, 0) is 0 Å². The first-order valence-electron chi connectivity index (χ1n) is 4.98. The number of hydrogen-bond donors (Lipinski definition) is 1. The van der Waals surface area contributed by atoms with E-state index < -0.39 is 0 Å². The summed E-state index contributed by atoms with van der Waals surface area (Å²) in [7, 11) is 0. The number of aryl methyl sites for hydroxylation is 2. The number of phenolic OH excluding ortho intramolecular Hbond substituents is 1. The van der Waals surface area contributed by atoms with Crippen LogP contribution in [0.5, 0.6) is 5.75 Å². The lowest BCUT2D eigenvalue weighted by molar-refractivity contribution is 0.416. The van der Waals surface area contributed by atoms with Crippen LogP contribution in [0, 0.1) is 13.8 Å². The molecule has 13 heavy (non-hydrogen) atoms. The number of rotatable bonds is 1. The maximum Gasteiger partial charge on any atom is 0.118 e. The van der Waals surface area contributed by atoms with Crippen LogP contribution in [0.1, 0.15) is 41.9 Å². The fourth-order valence-electron chi connectivity index (χ4n) is 1.98. The van der Waals surface area contributed by atoms with Gasteiger partial charge in [-0.3, -0.25) is 0 Å². The third-order valence-electron chi connectivity index (χ3n) is 3.13. The Labute approximate surface area is 79.4 Å². The highest BCUT2D eigenvalue weighted by molar-refractivity contribution is 5.42. The van der Waals surface area contributed by atoms with E-state index in [0.29, 0.717) is 5.75 Å². The number of hydrogen-bond acceptors (Lipinski definition) is 1. The van der Waals surface area contributed by atoms with Crippen molar-refractivity contribution in [1.82, 2.24) is 0 Å². The number of benzene rings is 1. The molecule has 0 heterocycles. The minimum Gasteiger partial charge on any atom is -0.508 e. The van der Waals surface area contributed by atoms with Crippen molar-refractivity contribution in [2.45, 2.75) is 39.0 Å². The van der Waals surface area contributed by atoms with Gasteiger partial charge in [-0.15, -0.1) is 0 Å². The van der Waals surface area contributed by atoms with Crippen LogP contribution in [-0.4, -0.2) is 5.11 Å². The van der Waals surface area contributed by atoms with E-state index in [1.54, 1.807) is 0 Å². The third-order valence-corrected chi connectivity index (χ3v) is 3.13. The van der Waals surface area contributed by atoms with Crippen molar-refractivity contribution >= 4 is 0 Å². The first-order chi connectivity index (χ1) is 6.18. The maximum atomic E-state index is 9.50. The summed E-state index contributed by atoms with van der Waals surface area (Å²) in [6.45, 7) is 4.06. The second-order valence-electron chi connectivity index (χ2n) is 4.12. The average molecular weight is 176 g/mol. The van der Waals surface area contributed by atoms with Crippen molar-refractivity contribution in [1.29, 1.82) is 0 Å². The molecule has 1 aromatic carbocycles. The molecule has 0 saturated heterocycles. The van der Waals surface area contributed by atoms with E-state index >= 15 is 0 Å². The quantitative estimate of drug-likeness (QED) is 0.696. The molecule has 0 bridgehead atoms. The Balaban J connectivity index is 2.39. The van der Waals surface area contributed by atoms with Crippen molar-refractivity contribution in [2.24, 2.45) is 0 Å². The normalized spacial score (nSPS) is 17.1. The van der Waals surface area contributed by atoms with E-state index in [2.05, 4.69) is 13.0 Å². The standard InChI is InChI=1S/C12H16O/c1-8-7-12(13)9(2)6-11(8)10-4-3-5-10/h6-7,10,13H,3-5H2,1-2H3. The number of aromatic hydroxyl groups is 1. The van der Waals surface area contributed by atoms with E-state index in [9.17, 15) is 5.11 Å². The Morgan fingerprint density at radius 2 is 1.85 bits per heavy atom. The van der Waals surface area contributed by atoms with Gasteiger partial charge < -0.3 is 5.11 Å². The summed E-state index contributed by atoms with van der Waals surface area (Å²) in [5.74, 6) is 1.19. The fourth-order valence-corrected chi connectivity index (χ4v) is 1.98. The van der Waals surface area contributed by atoms with Gasteiger partial charge in [-0.1, -0.05) is 12.5 Å². The van der Waals surface area contributed by atoms with Crippen LogP contribution in [0.25, 0.3) is 0 Å². The molecule has 1 aliphatic carbocycles. The van der Waals surface area contributed by atoms with Crippen LogP contribution < -0.4 is 0 Å². The van der Waals surface area contributed by atoms with E-state index in [0.717, 1.165) is 11.5 Å². The molecular weight excluding hydrogens is 160 g/mol. The molecule has 1 N–H and O–H groups in total. The third kappa shape index (κ3) is 1.43. The Morgan fingerprint density at radius 3 is 2.38 bits per heavy atom. The summed E-state index contributed by atoms with van der Waals surface area (Å²) >= 11 is 0. The van der Waals surface area contributed by atoms with Gasteiger partial charge in [0.1, 0.15) is 5.75 Å². The van der Waals surface area contributed by atoms with Crippen LogP contribution in [0.15, 0.2) is 12.1 Å². The van der Waals surface area contributed by atoms with E-state index in [1.165, 1.54) is 30.4 Å². The van der Waals surface area contributed by atoms with Gasteiger partial charge in [0, 0.05) is 0 Å². The monoisotopic (exact) mass is 176 g/mol. The second-order valence-corrected chi connectivity index (χ2v) is 4.12. The zero-order chi connectivity index (χ0) is 9.42. The van der Waals surface area contributed by atoms with Crippen molar-refractivity contribution in [3.63, 3.8) is 0 Å². The molecule has 70 valence electrons. The lowest BCUT2D eigenvalue weighted by Crippen LogP contribution is -2.10. The van der Waals surface area contributed by atoms with Crippen LogP contribution in [0.3, 0.4) is 0 Å². The zero-order valence-corrected chi connectivity index (χ0v) is 8.30. The molecule has 2 rings (SSSR count). The molecule has 0 aromatic heterocycles. The van der Waals surface area contributed by atoms with E-state index in [1.807, 2.05) is 13.0 Å². The molecule has 1 nitrogen and oxygen atoms in total. The van der Waals surface area contributed by atoms with Crippen LogP contribution in [0.2, 0.25) is 0 Å². The van der Waals surface area contributed by atoms with Gasteiger partial charge in [0.15, 0.2) is 0 Å². The Kier molecular flexibility index (Phi) is 2.03. The van der Waals surface area contributed by atoms with Gasteiger partial charge in [0.05, 0.1) is 0 Å². The van der Waals surface area contributed by atoms with Gasteiger partial charge in [-0.05, 0) is 55.4 Å². The maximum absolute atomic E-state index is 9.50. The molecule has 0 spiro atoms. The summed E-state index contributed by atoms with van der Waals surface area (Å²) < 4.78 is 0. The molecule has 0 radical (unpaired) electrons. The minimum absolute atomic E-state index is 0.431. The summed E-state index contributed by atoms with van der Waals surface area (Å²) in [4.78, 5) is 0. The Hall–Kier alpha value is -0.980. The van der Waals surface area contributed by atoms with E-state index in [4.69, 9.17) is 0 Å². The average Bonchev–Trinajstić information content (AvgIpc) is 1.96.